The van der Waals surface area contributed by atoms with Crippen LogP contribution < -0.4 is 0 Å². The summed E-state index contributed by atoms with van der Waals surface area (Å²) in [7, 11) is 5.03. The van der Waals surface area contributed by atoms with Crippen molar-refractivity contribution in [2.24, 2.45) is 0 Å². The maximum atomic E-state index is 2.85. The highest BCUT2D eigenvalue weighted by molar-refractivity contribution is 7.17. The molecule has 0 N–H and O–H groups in total. The van der Waals surface area contributed by atoms with Gasteiger partial charge in [0.05, 0.1) is 0 Å². The average molecular weight is 117 g/mol. The first-order chi connectivity index (χ1) is 3.29. The molecule has 2 heteroatoms. The molecule has 0 aromatic carbocycles. The second-order valence-corrected chi connectivity index (χ2v) is 3.25. The number of likely N-dealkylation sites (tertiary alicyclic amines) is 1. The Bertz CT molecular complexity index is 57.1. The van der Waals surface area contributed by atoms with Crippen molar-refractivity contribution in [3.63, 3.8) is 0 Å². The minimum Gasteiger partial charge on any atom is -0.306 e. The van der Waals surface area contributed by atoms with E-state index in [-0.39, 0.29) is 0 Å². The molecule has 2 atom stereocenters. The van der Waals surface area contributed by atoms with Crippen molar-refractivity contribution < 1.29 is 0 Å². The molecule has 1 heterocycles. The van der Waals surface area contributed by atoms with E-state index in [0.717, 1.165) is 5.66 Å². The minimum absolute atomic E-state index is 0.866. The highest BCUT2D eigenvalue weighted by atomic mass is 31.0. The summed E-state index contributed by atoms with van der Waals surface area (Å²) in [5.74, 6) is 0. The van der Waals surface area contributed by atoms with Gasteiger partial charge in [0.25, 0.3) is 0 Å². The lowest BCUT2D eigenvalue weighted by Gasteiger charge is -2.03. The largest absolute Gasteiger partial charge is 0.306 e. The molecule has 1 aliphatic rings. The van der Waals surface area contributed by atoms with E-state index in [0.29, 0.717) is 0 Å². The molecule has 0 amide bonds. The third-order valence-corrected chi connectivity index (χ3v) is 1.97. The highest BCUT2D eigenvalue weighted by Crippen LogP contribution is 2.13. The molecule has 0 aromatic heterocycles. The molecule has 1 rings (SSSR count). The fraction of sp³-hybridized carbons (Fsp3) is 1.00. The monoisotopic (exact) mass is 117 g/mol. The summed E-state index contributed by atoms with van der Waals surface area (Å²) < 4.78 is 0. The molecule has 0 saturated carbocycles. The summed E-state index contributed by atoms with van der Waals surface area (Å²) in [5.41, 5.74) is 0.866. The van der Waals surface area contributed by atoms with Gasteiger partial charge in [0.2, 0.25) is 0 Å². The van der Waals surface area contributed by atoms with Gasteiger partial charge in [-0.1, -0.05) is 0 Å². The Morgan fingerprint density at radius 2 is 2.43 bits per heavy atom. The van der Waals surface area contributed by atoms with E-state index in [2.05, 4.69) is 21.2 Å². The van der Waals surface area contributed by atoms with Gasteiger partial charge in [-0.2, -0.15) is 0 Å². The SMILES string of the molecule is CN1CCC(P)C1. The minimum atomic E-state index is 0.866. The fourth-order valence-corrected chi connectivity index (χ4v) is 1.48. The second-order valence-electron chi connectivity index (χ2n) is 2.31. The Kier molecular flexibility index (Phi) is 1.66. The standard InChI is InChI=1S/C5H12NP/c1-6-3-2-5(7)4-6/h5H,2-4,7H2,1H3. The van der Waals surface area contributed by atoms with E-state index in [1.807, 2.05) is 0 Å². The molecular formula is C5H12NP. The molecule has 1 nitrogen and oxygen atoms in total. The van der Waals surface area contributed by atoms with Gasteiger partial charge >= 0.3 is 0 Å². The summed E-state index contributed by atoms with van der Waals surface area (Å²) in [5, 5.41) is 0. The van der Waals surface area contributed by atoms with E-state index < -0.39 is 0 Å². The van der Waals surface area contributed by atoms with Crippen LogP contribution in [0.3, 0.4) is 0 Å². The average Bonchev–Trinajstić information content (AvgIpc) is 1.87. The fourth-order valence-electron chi connectivity index (χ4n) is 0.969. The lowest BCUT2D eigenvalue weighted by molar-refractivity contribution is 0.419. The predicted molar refractivity (Wildman–Crippen MR) is 35.6 cm³/mol. The van der Waals surface area contributed by atoms with Crippen LogP contribution in [0.15, 0.2) is 0 Å². The first kappa shape index (κ1) is 5.53. The van der Waals surface area contributed by atoms with Crippen LogP contribution in [0.5, 0.6) is 0 Å². The Labute approximate surface area is 47.3 Å². The molecule has 0 aromatic rings. The molecule has 0 spiro atoms. The van der Waals surface area contributed by atoms with Crippen molar-refractivity contribution in [2.75, 3.05) is 20.1 Å². The Morgan fingerprint density at radius 1 is 1.71 bits per heavy atom. The van der Waals surface area contributed by atoms with Crippen molar-refractivity contribution in [2.45, 2.75) is 12.1 Å². The van der Waals surface area contributed by atoms with Gasteiger partial charge in [0.15, 0.2) is 0 Å². The smallest absolute Gasteiger partial charge is 0.00417 e. The zero-order valence-electron chi connectivity index (χ0n) is 4.72. The van der Waals surface area contributed by atoms with E-state index in [9.17, 15) is 0 Å². The van der Waals surface area contributed by atoms with Crippen LogP contribution in [0, 0.1) is 0 Å². The quantitative estimate of drug-likeness (QED) is 0.419. The Hall–Kier alpha value is 0.390. The second kappa shape index (κ2) is 2.11. The first-order valence-corrected chi connectivity index (χ1v) is 3.40. The van der Waals surface area contributed by atoms with Crippen LogP contribution in [0.1, 0.15) is 6.42 Å². The van der Waals surface area contributed by atoms with Gasteiger partial charge in [-0.25, -0.2) is 0 Å². The lowest BCUT2D eigenvalue weighted by atomic mass is 10.4. The maximum Gasteiger partial charge on any atom is 0.00417 e. The summed E-state index contributed by atoms with van der Waals surface area (Å²) >= 11 is 0. The molecule has 0 bridgehead atoms. The van der Waals surface area contributed by atoms with Crippen LogP contribution in [0.4, 0.5) is 0 Å². The molecule has 42 valence electrons. The molecule has 7 heavy (non-hydrogen) atoms. The van der Waals surface area contributed by atoms with Crippen LogP contribution in [0.25, 0.3) is 0 Å². The summed E-state index contributed by atoms with van der Waals surface area (Å²) in [6.45, 7) is 2.55. The lowest BCUT2D eigenvalue weighted by Crippen LogP contribution is -2.13. The van der Waals surface area contributed by atoms with Gasteiger partial charge in [-0.05, 0) is 25.7 Å². The summed E-state index contributed by atoms with van der Waals surface area (Å²) in [4.78, 5) is 2.36. The number of hydrogen-bond donors (Lipinski definition) is 0. The third kappa shape index (κ3) is 1.40. The zero-order chi connectivity index (χ0) is 5.28. The van der Waals surface area contributed by atoms with Crippen molar-refractivity contribution >= 4 is 9.24 Å². The van der Waals surface area contributed by atoms with Crippen LogP contribution in [-0.4, -0.2) is 30.7 Å². The van der Waals surface area contributed by atoms with Gasteiger partial charge in [-0.15, -0.1) is 9.24 Å². The van der Waals surface area contributed by atoms with E-state index in [1.165, 1.54) is 19.5 Å². The molecule has 2 unspecified atom stereocenters. The molecular weight excluding hydrogens is 105 g/mol. The summed E-state index contributed by atoms with van der Waals surface area (Å²) in [6, 6.07) is 0. The topological polar surface area (TPSA) is 3.24 Å². The number of rotatable bonds is 0. The van der Waals surface area contributed by atoms with E-state index >= 15 is 0 Å². The molecule has 1 aliphatic heterocycles. The third-order valence-electron chi connectivity index (χ3n) is 1.43. The molecule has 0 radical (unpaired) electrons. The predicted octanol–water partition coefficient (Wildman–Crippen LogP) is 0.566. The zero-order valence-corrected chi connectivity index (χ0v) is 5.88. The highest BCUT2D eigenvalue weighted by Gasteiger charge is 2.13. The first-order valence-electron chi connectivity index (χ1n) is 2.73. The van der Waals surface area contributed by atoms with Gasteiger partial charge in [0.1, 0.15) is 0 Å². The molecule has 1 saturated heterocycles. The van der Waals surface area contributed by atoms with E-state index in [1.54, 1.807) is 0 Å². The van der Waals surface area contributed by atoms with Crippen molar-refractivity contribution in [3.05, 3.63) is 0 Å². The number of hydrogen-bond acceptors (Lipinski definition) is 1. The van der Waals surface area contributed by atoms with Gasteiger partial charge < -0.3 is 4.90 Å². The number of nitrogens with zero attached hydrogens (tertiary/aromatic N) is 1. The molecule has 0 aliphatic carbocycles. The van der Waals surface area contributed by atoms with Crippen LogP contribution in [0.2, 0.25) is 0 Å². The Balaban J connectivity index is 2.26. The van der Waals surface area contributed by atoms with Crippen molar-refractivity contribution in [3.8, 4) is 0 Å². The van der Waals surface area contributed by atoms with Crippen LogP contribution >= 0.6 is 9.24 Å². The molecule has 1 fully saturated rings. The van der Waals surface area contributed by atoms with Crippen molar-refractivity contribution in [1.29, 1.82) is 0 Å². The van der Waals surface area contributed by atoms with E-state index in [4.69, 9.17) is 0 Å². The van der Waals surface area contributed by atoms with Gasteiger partial charge in [-0.3, -0.25) is 0 Å². The Morgan fingerprint density at radius 3 is 2.57 bits per heavy atom. The maximum absolute atomic E-state index is 2.85. The van der Waals surface area contributed by atoms with Gasteiger partial charge in [0, 0.05) is 6.54 Å². The van der Waals surface area contributed by atoms with Crippen LogP contribution in [-0.2, 0) is 0 Å². The normalized spacial score (nSPS) is 34.3. The van der Waals surface area contributed by atoms with Crippen molar-refractivity contribution in [1.82, 2.24) is 4.90 Å². The summed E-state index contributed by atoms with van der Waals surface area (Å²) in [6.07, 6.45) is 1.36.